The second-order valence-electron chi connectivity index (χ2n) is 3.98. The fourth-order valence-corrected chi connectivity index (χ4v) is 1.64. The minimum atomic E-state index is -1.13. The average molecular weight is 275 g/mol. The Hall–Kier alpha value is -3.03. The molecule has 0 unspecified atom stereocenters. The zero-order chi connectivity index (χ0) is 14.7. The summed E-state index contributed by atoms with van der Waals surface area (Å²) in [5.74, 6) is -1.13. The van der Waals surface area contributed by atoms with Crippen LogP contribution in [0.25, 0.3) is 11.3 Å². The van der Waals surface area contributed by atoms with E-state index >= 15 is 0 Å². The zero-order valence-electron chi connectivity index (χ0n) is 10.1. The van der Waals surface area contributed by atoms with Crippen LogP contribution in [0.3, 0.4) is 0 Å². The smallest absolute Gasteiger partial charge is 0.308 e. The molecule has 0 saturated heterocycles. The molecule has 0 amide bonds. The summed E-state index contributed by atoms with van der Waals surface area (Å²) in [7, 11) is 0. The Morgan fingerprint density at radius 3 is 2.55 bits per heavy atom. The van der Waals surface area contributed by atoms with Crippen LogP contribution >= 0.6 is 0 Å². The van der Waals surface area contributed by atoms with Crippen LogP contribution in [0.5, 0.6) is 0 Å². The summed E-state index contributed by atoms with van der Waals surface area (Å²) in [6.45, 7) is 0. The number of nitro benzene ring substituents is 1. The molecule has 0 atom stereocenters. The maximum atomic E-state index is 11.4. The number of benzene rings is 1. The summed E-state index contributed by atoms with van der Waals surface area (Å²) in [6, 6.07) is 6.92. The first-order chi connectivity index (χ1) is 9.47. The highest BCUT2D eigenvalue weighted by Crippen LogP contribution is 2.20. The minimum Gasteiger partial charge on any atom is -0.481 e. The van der Waals surface area contributed by atoms with Gasteiger partial charge in [0.2, 0.25) is 0 Å². The van der Waals surface area contributed by atoms with E-state index in [4.69, 9.17) is 5.11 Å². The van der Waals surface area contributed by atoms with Crippen LogP contribution in [0, 0.1) is 10.1 Å². The molecule has 0 fully saturated rings. The number of aromatic amines is 1. The molecule has 0 saturated carbocycles. The molecule has 2 rings (SSSR count). The third kappa shape index (κ3) is 2.86. The van der Waals surface area contributed by atoms with Crippen molar-refractivity contribution in [1.29, 1.82) is 0 Å². The van der Waals surface area contributed by atoms with Crippen molar-refractivity contribution in [2.24, 2.45) is 0 Å². The molecule has 1 aromatic heterocycles. The number of rotatable bonds is 4. The van der Waals surface area contributed by atoms with Crippen molar-refractivity contribution in [3.8, 4) is 11.3 Å². The minimum absolute atomic E-state index is 0.0658. The quantitative estimate of drug-likeness (QED) is 0.632. The van der Waals surface area contributed by atoms with Gasteiger partial charge >= 0.3 is 5.97 Å². The fourth-order valence-electron chi connectivity index (χ4n) is 1.64. The lowest BCUT2D eigenvalue weighted by Gasteiger charge is -2.02. The second kappa shape index (κ2) is 5.31. The van der Waals surface area contributed by atoms with E-state index in [0.717, 1.165) is 0 Å². The predicted octanol–water partition coefficient (Wildman–Crippen LogP) is 0.972. The first-order valence-electron chi connectivity index (χ1n) is 5.52. The topological polar surface area (TPSA) is 126 Å². The number of nitrogens with zero attached hydrogens (tertiary/aromatic N) is 2. The molecule has 8 heteroatoms. The number of non-ortho nitro benzene ring substituents is 1. The number of carboxylic acids is 1. The molecule has 0 aliphatic carbocycles. The molecule has 1 aromatic carbocycles. The number of nitro groups is 1. The lowest BCUT2D eigenvalue weighted by molar-refractivity contribution is -0.384. The highest BCUT2D eigenvalue weighted by atomic mass is 16.6. The molecule has 0 spiro atoms. The molecular formula is C12H9N3O5. The van der Waals surface area contributed by atoms with Gasteiger partial charge in [0.25, 0.3) is 11.2 Å². The van der Waals surface area contributed by atoms with Crippen molar-refractivity contribution in [3.05, 3.63) is 56.4 Å². The molecule has 0 bridgehead atoms. The maximum Gasteiger partial charge on any atom is 0.308 e. The summed E-state index contributed by atoms with van der Waals surface area (Å²) >= 11 is 0. The van der Waals surface area contributed by atoms with Gasteiger partial charge in [-0.25, -0.2) is 5.10 Å². The average Bonchev–Trinajstić information content (AvgIpc) is 2.41. The van der Waals surface area contributed by atoms with E-state index in [1.165, 1.54) is 30.3 Å². The highest BCUT2D eigenvalue weighted by Gasteiger charge is 2.10. The summed E-state index contributed by atoms with van der Waals surface area (Å²) in [5, 5.41) is 25.2. The number of H-pyrrole nitrogens is 1. The molecule has 2 N–H and O–H groups in total. The van der Waals surface area contributed by atoms with E-state index in [1.54, 1.807) is 0 Å². The number of carboxylic acid groups (broad SMARTS) is 1. The van der Waals surface area contributed by atoms with E-state index in [2.05, 4.69) is 10.2 Å². The summed E-state index contributed by atoms with van der Waals surface area (Å²) in [5.41, 5.74) is 0.317. The van der Waals surface area contributed by atoms with E-state index < -0.39 is 22.9 Å². The van der Waals surface area contributed by atoms with Crippen molar-refractivity contribution < 1.29 is 14.8 Å². The van der Waals surface area contributed by atoms with Gasteiger partial charge in [0.15, 0.2) is 0 Å². The van der Waals surface area contributed by atoms with Crippen LogP contribution in [0.2, 0.25) is 0 Å². The fraction of sp³-hybridized carbons (Fsp3) is 0.0833. The van der Waals surface area contributed by atoms with Crippen LogP contribution in [0.15, 0.2) is 35.1 Å². The Kier molecular flexibility index (Phi) is 3.56. The van der Waals surface area contributed by atoms with Gasteiger partial charge in [-0.2, -0.15) is 5.10 Å². The van der Waals surface area contributed by atoms with Crippen molar-refractivity contribution in [2.45, 2.75) is 6.42 Å². The summed E-state index contributed by atoms with van der Waals surface area (Å²) < 4.78 is 0. The SMILES string of the molecule is O=C(O)Cc1cc(-c2ccc([N+](=O)[O-])cc2)n[nH]c1=O. The van der Waals surface area contributed by atoms with Crippen LogP contribution in [-0.4, -0.2) is 26.2 Å². The van der Waals surface area contributed by atoms with Gasteiger partial charge in [0.05, 0.1) is 17.0 Å². The molecule has 0 aliphatic rings. The monoisotopic (exact) mass is 275 g/mol. The maximum absolute atomic E-state index is 11.4. The summed E-state index contributed by atoms with van der Waals surface area (Å²) in [4.78, 5) is 32.1. The van der Waals surface area contributed by atoms with Crippen LogP contribution in [0.1, 0.15) is 5.56 Å². The number of nitrogens with one attached hydrogen (secondary N) is 1. The van der Waals surface area contributed by atoms with Crippen molar-refractivity contribution in [2.75, 3.05) is 0 Å². The predicted molar refractivity (Wildman–Crippen MR) is 68.3 cm³/mol. The van der Waals surface area contributed by atoms with E-state index in [-0.39, 0.29) is 11.3 Å². The first kappa shape index (κ1) is 13.4. The number of aliphatic carboxylic acids is 1. The lowest BCUT2D eigenvalue weighted by Crippen LogP contribution is -2.17. The van der Waals surface area contributed by atoms with E-state index in [1.807, 2.05) is 0 Å². The molecule has 1 heterocycles. The largest absolute Gasteiger partial charge is 0.481 e. The van der Waals surface area contributed by atoms with Crippen molar-refractivity contribution >= 4 is 11.7 Å². The number of hydrogen-bond donors (Lipinski definition) is 2. The van der Waals surface area contributed by atoms with Crippen LogP contribution in [0.4, 0.5) is 5.69 Å². The molecule has 0 radical (unpaired) electrons. The normalized spacial score (nSPS) is 10.2. The van der Waals surface area contributed by atoms with Crippen LogP contribution < -0.4 is 5.56 Å². The Morgan fingerprint density at radius 1 is 1.35 bits per heavy atom. The Balaban J connectivity index is 2.40. The second-order valence-corrected chi connectivity index (χ2v) is 3.98. The molecular weight excluding hydrogens is 266 g/mol. The Morgan fingerprint density at radius 2 is 2.00 bits per heavy atom. The van der Waals surface area contributed by atoms with Crippen molar-refractivity contribution in [1.82, 2.24) is 10.2 Å². The lowest BCUT2D eigenvalue weighted by atomic mass is 10.1. The van der Waals surface area contributed by atoms with Gasteiger partial charge in [-0.15, -0.1) is 0 Å². The first-order valence-corrected chi connectivity index (χ1v) is 5.52. The van der Waals surface area contributed by atoms with Gasteiger partial charge in [0.1, 0.15) is 0 Å². The number of aromatic nitrogens is 2. The third-order valence-electron chi connectivity index (χ3n) is 2.60. The standard InChI is InChI=1S/C12H9N3O5/c16-11(17)6-8-5-10(13-14-12(8)18)7-1-3-9(4-2-7)15(19)20/h1-5H,6H2,(H,14,18)(H,16,17). The van der Waals surface area contributed by atoms with Gasteiger partial charge in [0, 0.05) is 23.3 Å². The highest BCUT2D eigenvalue weighted by molar-refractivity contribution is 5.71. The molecule has 102 valence electrons. The number of hydrogen-bond acceptors (Lipinski definition) is 5. The molecule has 2 aromatic rings. The van der Waals surface area contributed by atoms with Crippen molar-refractivity contribution in [3.63, 3.8) is 0 Å². The van der Waals surface area contributed by atoms with Gasteiger partial charge < -0.3 is 5.11 Å². The summed E-state index contributed by atoms with van der Waals surface area (Å²) in [6.07, 6.45) is -0.419. The Bertz CT molecular complexity index is 721. The zero-order valence-corrected chi connectivity index (χ0v) is 10.1. The van der Waals surface area contributed by atoms with E-state index in [9.17, 15) is 19.7 Å². The third-order valence-corrected chi connectivity index (χ3v) is 2.60. The van der Waals surface area contributed by atoms with E-state index in [0.29, 0.717) is 11.3 Å². The van der Waals surface area contributed by atoms with Gasteiger partial charge in [-0.05, 0) is 18.2 Å². The molecule has 8 nitrogen and oxygen atoms in total. The number of carbonyl (C=O) groups is 1. The Labute approximate surface area is 111 Å². The molecule has 20 heavy (non-hydrogen) atoms. The van der Waals surface area contributed by atoms with Gasteiger partial charge in [-0.1, -0.05) is 0 Å². The van der Waals surface area contributed by atoms with Crippen LogP contribution in [-0.2, 0) is 11.2 Å². The molecule has 0 aliphatic heterocycles. The van der Waals surface area contributed by atoms with Gasteiger partial charge in [-0.3, -0.25) is 19.7 Å².